The topological polar surface area (TPSA) is 46.5 Å². The van der Waals surface area contributed by atoms with E-state index in [1.807, 2.05) is 36.4 Å². The van der Waals surface area contributed by atoms with E-state index in [0.29, 0.717) is 10.8 Å². The fourth-order valence-corrected chi connectivity index (χ4v) is 2.28. The van der Waals surface area contributed by atoms with Gasteiger partial charge in [0.2, 0.25) is 0 Å². The molecule has 21 heavy (non-hydrogen) atoms. The molecular weight excluding hydrogens is 288 g/mol. The van der Waals surface area contributed by atoms with Crippen molar-refractivity contribution in [1.82, 2.24) is 0 Å². The molecule has 0 bridgehead atoms. The lowest BCUT2D eigenvalue weighted by Crippen LogP contribution is -1.99. The number of fused-ring (bicyclic) bond motifs is 1. The summed E-state index contributed by atoms with van der Waals surface area (Å²) in [5.74, 6) is -0.258. The summed E-state index contributed by atoms with van der Waals surface area (Å²) in [5, 5.41) is 11.7. The Bertz CT molecular complexity index is 827. The highest BCUT2D eigenvalue weighted by Gasteiger charge is 2.12. The summed E-state index contributed by atoms with van der Waals surface area (Å²) in [5.41, 5.74) is 0.0764. The van der Waals surface area contributed by atoms with Crippen LogP contribution in [0.4, 0.5) is 0 Å². The van der Waals surface area contributed by atoms with Crippen LogP contribution in [-0.2, 0) is 0 Å². The van der Waals surface area contributed by atoms with Gasteiger partial charge in [-0.15, -0.1) is 0 Å². The molecule has 4 heteroatoms. The molecule has 0 saturated carbocycles. The first kappa shape index (κ1) is 13.5. The molecule has 0 spiro atoms. The van der Waals surface area contributed by atoms with Gasteiger partial charge in [-0.25, -0.2) is 4.79 Å². The van der Waals surface area contributed by atoms with Crippen LogP contribution in [0.1, 0.15) is 10.4 Å². The van der Waals surface area contributed by atoms with Crippen LogP contribution < -0.4 is 4.74 Å². The molecule has 0 amide bonds. The Morgan fingerprint density at radius 1 is 0.952 bits per heavy atom. The van der Waals surface area contributed by atoms with Crippen LogP contribution in [0.25, 0.3) is 10.8 Å². The van der Waals surface area contributed by atoms with Crippen LogP contribution in [0.5, 0.6) is 11.5 Å². The number of carboxylic acid groups (broad SMARTS) is 1. The Hall–Kier alpha value is -2.52. The highest BCUT2D eigenvalue weighted by Crippen LogP contribution is 2.30. The fourth-order valence-electron chi connectivity index (χ4n) is 2.12. The second-order valence-corrected chi connectivity index (χ2v) is 4.99. The summed E-state index contributed by atoms with van der Waals surface area (Å²) in [6.07, 6.45) is 0. The molecule has 3 aromatic rings. The standard InChI is InChI=1S/C17H11ClO3/c18-13-6-8-15(17(19)20)16(10-13)21-14-7-5-11-3-1-2-4-12(11)9-14/h1-10H,(H,19,20). The van der Waals surface area contributed by atoms with E-state index in [-0.39, 0.29) is 11.3 Å². The lowest BCUT2D eigenvalue weighted by molar-refractivity contribution is 0.0694. The molecule has 3 nitrogen and oxygen atoms in total. The minimum absolute atomic E-state index is 0.0764. The number of halogens is 1. The van der Waals surface area contributed by atoms with E-state index in [2.05, 4.69) is 0 Å². The summed E-state index contributed by atoms with van der Waals surface area (Å²) < 4.78 is 5.69. The van der Waals surface area contributed by atoms with E-state index in [1.54, 1.807) is 6.07 Å². The van der Waals surface area contributed by atoms with Gasteiger partial charge >= 0.3 is 5.97 Å². The zero-order valence-electron chi connectivity index (χ0n) is 10.9. The van der Waals surface area contributed by atoms with Gasteiger partial charge in [0.05, 0.1) is 0 Å². The van der Waals surface area contributed by atoms with Gasteiger partial charge in [-0.05, 0) is 35.0 Å². The number of hydrogen-bond acceptors (Lipinski definition) is 2. The second kappa shape index (κ2) is 5.46. The highest BCUT2D eigenvalue weighted by molar-refractivity contribution is 6.30. The quantitative estimate of drug-likeness (QED) is 0.741. The fraction of sp³-hybridized carbons (Fsp3) is 0. The first-order valence-corrected chi connectivity index (χ1v) is 6.71. The number of carbonyl (C=O) groups is 1. The van der Waals surface area contributed by atoms with Crippen molar-refractivity contribution >= 4 is 28.3 Å². The van der Waals surface area contributed by atoms with E-state index in [1.165, 1.54) is 18.2 Å². The van der Waals surface area contributed by atoms with Crippen LogP contribution in [0.15, 0.2) is 60.7 Å². The predicted octanol–water partition coefficient (Wildman–Crippen LogP) is 4.98. The monoisotopic (exact) mass is 298 g/mol. The van der Waals surface area contributed by atoms with E-state index in [9.17, 15) is 9.90 Å². The Morgan fingerprint density at radius 3 is 2.48 bits per heavy atom. The van der Waals surface area contributed by atoms with Gasteiger partial charge < -0.3 is 9.84 Å². The van der Waals surface area contributed by atoms with Gasteiger partial charge in [-0.2, -0.15) is 0 Å². The van der Waals surface area contributed by atoms with Crippen molar-refractivity contribution in [2.45, 2.75) is 0 Å². The average Bonchev–Trinajstić information content (AvgIpc) is 2.47. The lowest BCUT2D eigenvalue weighted by atomic mass is 10.1. The van der Waals surface area contributed by atoms with Crippen LogP contribution in [0.2, 0.25) is 5.02 Å². The van der Waals surface area contributed by atoms with Crippen molar-refractivity contribution < 1.29 is 14.6 Å². The first-order valence-electron chi connectivity index (χ1n) is 6.33. The van der Waals surface area contributed by atoms with E-state index in [0.717, 1.165) is 10.8 Å². The molecule has 0 aliphatic carbocycles. The SMILES string of the molecule is O=C(O)c1ccc(Cl)cc1Oc1ccc2ccccc2c1. The Morgan fingerprint density at radius 2 is 1.71 bits per heavy atom. The summed E-state index contributed by atoms with van der Waals surface area (Å²) in [7, 11) is 0. The van der Waals surface area contributed by atoms with E-state index in [4.69, 9.17) is 16.3 Å². The summed E-state index contributed by atoms with van der Waals surface area (Å²) in [6.45, 7) is 0. The van der Waals surface area contributed by atoms with Gasteiger partial charge in [0.1, 0.15) is 17.1 Å². The third-order valence-electron chi connectivity index (χ3n) is 3.12. The van der Waals surface area contributed by atoms with E-state index >= 15 is 0 Å². The van der Waals surface area contributed by atoms with Gasteiger partial charge in [0.15, 0.2) is 0 Å². The third kappa shape index (κ3) is 2.83. The molecular formula is C17H11ClO3. The molecule has 0 aromatic heterocycles. The van der Waals surface area contributed by atoms with Crippen molar-refractivity contribution in [2.75, 3.05) is 0 Å². The normalized spacial score (nSPS) is 10.5. The zero-order chi connectivity index (χ0) is 14.8. The number of benzene rings is 3. The molecule has 0 heterocycles. The zero-order valence-corrected chi connectivity index (χ0v) is 11.7. The highest BCUT2D eigenvalue weighted by atomic mass is 35.5. The molecule has 0 atom stereocenters. The Kier molecular flexibility index (Phi) is 3.50. The number of aromatic carboxylic acids is 1. The molecule has 1 N–H and O–H groups in total. The molecule has 0 unspecified atom stereocenters. The summed E-state index contributed by atoms with van der Waals surface area (Å²) in [4.78, 5) is 11.2. The van der Waals surface area contributed by atoms with Crippen LogP contribution in [0, 0.1) is 0 Å². The lowest BCUT2D eigenvalue weighted by Gasteiger charge is -2.10. The van der Waals surface area contributed by atoms with Gasteiger partial charge in [-0.1, -0.05) is 41.9 Å². The van der Waals surface area contributed by atoms with Gasteiger partial charge in [-0.3, -0.25) is 0 Å². The average molecular weight is 299 g/mol. The number of carboxylic acids is 1. The maximum Gasteiger partial charge on any atom is 0.339 e. The van der Waals surface area contributed by atoms with E-state index < -0.39 is 5.97 Å². The summed E-state index contributed by atoms with van der Waals surface area (Å²) >= 11 is 5.91. The Balaban J connectivity index is 2.02. The van der Waals surface area contributed by atoms with Crippen LogP contribution >= 0.6 is 11.6 Å². The maximum atomic E-state index is 11.2. The number of rotatable bonds is 3. The molecule has 0 aliphatic rings. The predicted molar refractivity (Wildman–Crippen MR) is 82.4 cm³/mol. The van der Waals surface area contributed by atoms with Gasteiger partial charge in [0.25, 0.3) is 0 Å². The smallest absolute Gasteiger partial charge is 0.339 e. The van der Waals surface area contributed by atoms with Crippen molar-refractivity contribution in [3.05, 3.63) is 71.2 Å². The van der Waals surface area contributed by atoms with Gasteiger partial charge in [0, 0.05) is 11.1 Å². The van der Waals surface area contributed by atoms with Crippen molar-refractivity contribution in [3.63, 3.8) is 0 Å². The molecule has 3 aromatic carbocycles. The minimum Gasteiger partial charge on any atom is -0.478 e. The molecule has 0 aliphatic heterocycles. The third-order valence-corrected chi connectivity index (χ3v) is 3.36. The second-order valence-electron chi connectivity index (χ2n) is 4.56. The number of ether oxygens (including phenoxy) is 1. The van der Waals surface area contributed by atoms with Crippen molar-refractivity contribution in [3.8, 4) is 11.5 Å². The molecule has 0 saturated heterocycles. The first-order chi connectivity index (χ1) is 10.1. The van der Waals surface area contributed by atoms with Crippen LogP contribution in [-0.4, -0.2) is 11.1 Å². The number of hydrogen-bond donors (Lipinski definition) is 1. The summed E-state index contributed by atoms with van der Waals surface area (Å²) in [6, 6.07) is 17.9. The molecule has 104 valence electrons. The molecule has 0 fully saturated rings. The largest absolute Gasteiger partial charge is 0.478 e. The molecule has 0 radical (unpaired) electrons. The molecule has 3 rings (SSSR count). The minimum atomic E-state index is -1.05. The maximum absolute atomic E-state index is 11.2. The van der Waals surface area contributed by atoms with Crippen LogP contribution in [0.3, 0.4) is 0 Å². The van der Waals surface area contributed by atoms with Crippen molar-refractivity contribution in [2.24, 2.45) is 0 Å². The van der Waals surface area contributed by atoms with Crippen molar-refractivity contribution in [1.29, 1.82) is 0 Å². The Labute approximate surface area is 126 Å².